The van der Waals surface area contributed by atoms with Crippen LogP contribution in [0.15, 0.2) is 12.3 Å². The molecule has 1 aliphatic heterocycles. The fraction of sp³-hybridized carbons (Fsp3) is 0.583. The van der Waals surface area contributed by atoms with Crippen molar-refractivity contribution in [3.8, 4) is 0 Å². The van der Waals surface area contributed by atoms with Crippen molar-refractivity contribution < 1.29 is 14.4 Å². The molecule has 1 fully saturated rings. The summed E-state index contributed by atoms with van der Waals surface area (Å²) in [6.45, 7) is 6.35. The Bertz CT molecular complexity index is 490. The number of nitrogens with zero attached hydrogens (tertiary/aromatic N) is 2. The van der Waals surface area contributed by atoms with E-state index in [2.05, 4.69) is 10.3 Å². The Morgan fingerprint density at radius 1 is 1.63 bits per heavy atom. The summed E-state index contributed by atoms with van der Waals surface area (Å²) in [5, 5.41) is 13.9. The van der Waals surface area contributed by atoms with E-state index in [0.29, 0.717) is 24.5 Å². The molecule has 0 bridgehead atoms. The van der Waals surface area contributed by atoms with Crippen molar-refractivity contribution in [1.29, 1.82) is 0 Å². The Morgan fingerprint density at radius 2 is 2.37 bits per heavy atom. The maximum atomic E-state index is 10.8. The van der Waals surface area contributed by atoms with Crippen LogP contribution >= 0.6 is 0 Å². The van der Waals surface area contributed by atoms with Crippen LogP contribution in [0.2, 0.25) is 0 Å². The van der Waals surface area contributed by atoms with Gasteiger partial charge in [-0.25, -0.2) is 4.98 Å². The predicted octanol–water partition coefficient (Wildman–Crippen LogP) is 1.86. The molecule has 0 aromatic carbocycles. The minimum Gasteiger partial charge on any atom is -0.367 e. The van der Waals surface area contributed by atoms with Crippen LogP contribution in [0.1, 0.15) is 19.4 Å². The minimum atomic E-state index is -0.570. The molecule has 1 atom stereocenters. The first kappa shape index (κ1) is 13.7. The molecule has 1 aromatic rings. The molecule has 0 saturated carbocycles. The van der Waals surface area contributed by atoms with E-state index >= 15 is 0 Å². The maximum absolute atomic E-state index is 10.8. The van der Waals surface area contributed by atoms with Crippen molar-refractivity contribution in [3.05, 3.63) is 27.9 Å². The quantitative estimate of drug-likeness (QED) is 0.662. The molecular formula is C12H17N3O4. The number of anilines is 1. The molecule has 2 rings (SSSR count). The molecule has 104 valence electrons. The third kappa shape index (κ3) is 3.39. The van der Waals surface area contributed by atoms with Gasteiger partial charge in [-0.2, -0.15) is 0 Å². The molecule has 1 unspecified atom stereocenters. The fourth-order valence-electron chi connectivity index (χ4n) is 1.89. The Hall–Kier alpha value is -1.73. The van der Waals surface area contributed by atoms with E-state index in [1.54, 1.807) is 6.92 Å². The maximum Gasteiger partial charge on any atom is 0.277 e. The third-order valence-corrected chi connectivity index (χ3v) is 2.85. The lowest BCUT2D eigenvalue weighted by atomic mass is 10.2. The molecule has 1 aliphatic rings. The van der Waals surface area contributed by atoms with E-state index in [1.807, 2.05) is 13.8 Å². The van der Waals surface area contributed by atoms with Gasteiger partial charge >= 0.3 is 0 Å². The SMILES string of the molecule is Cc1cnc(NCC2COC(C)(C)O2)cc1[N+](=O)[O-]. The molecule has 1 saturated heterocycles. The van der Waals surface area contributed by atoms with Crippen LogP contribution in [0.25, 0.3) is 0 Å². The number of aryl methyl sites for hydroxylation is 1. The van der Waals surface area contributed by atoms with E-state index in [4.69, 9.17) is 9.47 Å². The van der Waals surface area contributed by atoms with E-state index in [9.17, 15) is 10.1 Å². The number of nitrogens with one attached hydrogen (secondary N) is 1. The topological polar surface area (TPSA) is 86.5 Å². The highest BCUT2D eigenvalue weighted by atomic mass is 16.7. The Labute approximate surface area is 111 Å². The molecule has 19 heavy (non-hydrogen) atoms. The fourth-order valence-corrected chi connectivity index (χ4v) is 1.89. The van der Waals surface area contributed by atoms with Gasteiger partial charge in [-0.3, -0.25) is 10.1 Å². The lowest BCUT2D eigenvalue weighted by molar-refractivity contribution is -0.385. The van der Waals surface area contributed by atoms with Crippen LogP contribution in [0.5, 0.6) is 0 Å². The van der Waals surface area contributed by atoms with Gasteiger partial charge in [0.15, 0.2) is 5.79 Å². The molecular weight excluding hydrogens is 250 g/mol. The minimum absolute atomic E-state index is 0.0569. The highest BCUT2D eigenvalue weighted by molar-refractivity contribution is 5.48. The summed E-state index contributed by atoms with van der Waals surface area (Å²) in [7, 11) is 0. The largest absolute Gasteiger partial charge is 0.367 e. The standard InChI is InChI=1S/C12H17N3O4/c1-8-5-13-11(4-10(8)15(16)17)14-6-9-7-18-12(2,3)19-9/h4-5,9H,6-7H2,1-3H3,(H,13,14). The number of nitro groups is 1. The van der Waals surface area contributed by atoms with Gasteiger partial charge in [0, 0.05) is 18.3 Å². The molecule has 7 heteroatoms. The highest BCUT2D eigenvalue weighted by Crippen LogP contribution is 2.23. The first-order valence-corrected chi connectivity index (χ1v) is 6.04. The van der Waals surface area contributed by atoms with Gasteiger partial charge in [0.1, 0.15) is 11.9 Å². The summed E-state index contributed by atoms with van der Waals surface area (Å²) in [5.41, 5.74) is 0.596. The van der Waals surface area contributed by atoms with Crippen molar-refractivity contribution in [2.75, 3.05) is 18.5 Å². The van der Waals surface area contributed by atoms with Crippen LogP contribution < -0.4 is 5.32 Å². The van der Waals surface area contributed by atoms with Gasteiger partial charge in [-0.1, -0.05) is 0 Å². The lowest BCUT2D eigenvalue weighted by Crippen LogP contribution is -2.26. The first-order chi connectivity index (χ1) is 8.87. The van der Waals surface area contributed by atoms with Gasteiger partial charge in [0.2, 0.25) is 0 Å². The number of hydrogen-bond acceptors (Lipinski definition) is 6. The Kier molecular flexibility index (Phi) is 3.68. The summed E-state index contributed by atoms with van der Waals surface area (Å²) >= 11 is 0. The van der Waals surface area contributed by atoms with Gasteiger partial charge in [-0.05, 0) is 20.8 Å². The highest BCUT2D eigenvalue weighted by Gasteiger charge is 2.32. The van der Waals surface area contributed by atoms with E-state index < -0.39 is 10.7 Å². The van der Waals surface area contributed by atoms with Crippen molar-refractivity contribution in [2.24, 2.45) is 0 Å². The molecule has 7 nitrogen and oxygen atoms in total. The molecule has 0 amide bonds. The number of rotatable bonds is 4. The second kappa shape index (κ2) is 5.10. The lowest BCUT2D eigenvalue weighted by Gasteiger charge is -2.17. The molecule has 1 N–H and O–H groups in total. The first-order valence-electron chi connectivity index (χ1n) is 6.04. The molecule has 0 spiro atoms. The molecule has 1 aromatic heterocycles. The van der Waals surface area contributed by atoms with Crippen molar-refractivity contribution in [3.63, 3.8) is 0 Å². The molecule has 0 radical (unpaired) electrons. The average Bonchev–Trinajstić information content (AvgIpc) is 2.67. The summed E-state index contributed by atoms with van der Waals surface area (Å²) in [6.07, 6.45) is 1.40. The zero-order chi connectivity index (χ0) is 14.0. The second-order valence-electron chi connectivity index (χ2n) is 4.94. The van der Waals surface area contributed by atoms with Crippen LogP contribution in [0.3, 0.4) is 0 Å². The monoisotopic (exact) mass is 267 g/mol. The smallest absolute Gasteiger partial charge is 0.277 e. The Morgan fingerprint density at radius 3 is 2.95 bits per heavy atom. The summed E-state index contributed by atoms with van der Waals surface area (Å²) in [6, 6.07) is 1.43. The summed E-state index contributed by atoms with van der Waals surface area (Å²) in [4.78, 5) is 14.5. The average molecular weight is 267 g/mol. The van der Waals surface area contributed by atoms with Crippen molar-refractivity contribution >= 4 is 11.5 Å². The number of hydrogen-bond donors (Lipinski definition) is 1. The van der Waals surface area contributed by atoms with Gasteiger partial charge in [0.05, 0.1) is 17.6 Å². The number of ether oxygens (including phenoxy) is 2. The van der Waals surface area contributed by atoms with Crippen LogP contribution in [-0.4, -0.2) is 35.0 Å². The summed E-state index contributed by atoms with van der Waals surface area (Å²) in [5.74, 6) is -0.107. The number of pyridine rings is 1. The van der Waals surface area contributed by atoms with E-state index in [1.165, 1.54) is 12.3 Å². The van der Waals surface area contributed by atoms with Crippen LogP contribution in [-0.2, 0) is 9.47 Å². The van der Waals surface area contributed by atoms with Crippen molar-refractivity contribution in [2.45, 2.75) is 32.7 Å². The zero-order valence-electron chi connectivity index (χ0n) is 11.2. The second-order valence-corrected chi connectivity index (χ2v) is 4.94. The molecule has 2 heterocycles. The van der Waals surface area contributed by atoms with Gasteiger partial charge in [-0.15, -0.1) is 0 Å². The normalized spacial score (nSPS) is 21.3. The number of aromatic nitrogens is 1. The van der Waals surface area contributed by atoms with Crippen LogP contribution in [0, 0.1) is 17.0 Å². The van der Waals surface area contributed by atoms with E-state index in [0.717, 1.165) is 0 Å². The predicted molar refractivity (Wildman–Crippen MR) is 69.0 cm³/mol. The van der Waals surface area contributed by atoms with Gasteiger partial charge < -0.3 is 14.8 Å². The zero-order valence-corrected chi connectivity index (χ0v) is 11.2. The summed E-state index contributed by atoms with van der Waals surface area (Å²) < 4.78 is 11.1. The van der Waals surface area contributed by atoms with E-state index in [-0.39, 0.29) is 11.8 Å². The van der Waals surface area contributed by atoms with Crippen molar-refractivity contribution in [1.82, 2.24) is 4.98 Å². The van der Waals surface area contributed by atoms with Gasteiger partial charge in [0.25, 0.3) is 5.69 Å². The molecule has 0 aliphatic carbocycles. The third-order valence-electron chi connectivity index (χ3n) is 2.85. The van der Waals surface area contributed by atoms with Crippen LogP contribution in [0.4, 0.5) is 11.5 Å². The Balaban J connectivity index is 1.97.